The second-order valence-electron chi connectivity index (χ2n) is 4.95. The highest BCUT2D eigenvalue weighted by atomic mass is 19.4. The van der Waals surface area contributed by atoms with Crippen molar-refractivity contribution in [2.75, 3.05) is 26.7 Å². The Labute approximate surface area is 126 Å². The normalized spacial score (nSPS) is 11.5. The molecule has 22 heavy (non-hydrogen) atoms. The van der Waals surface area contributed by atoms with Crippen molar-refractivity contribution in [2.24, 2.45) is 0 Å². The molecule has 0 aromatic heterocycles. The molecule has 0 heterocycles. The molecule has 0 unspecified atom stereocenters. The van der Waals surface area contributed by atoms with E-state index in [-0.39, 0.29) is 25.5 Å². The lowest BCUT2D eigenvalue weighted by atomic mass is 10.2. The van der Waals surface area contributed by atoms with Gasteiger partial charge in [-0.3, -0.25) is 4.90 Å². The maximum absolute atomic E-state index is 12.9. The van der Waals surface area contributed by atoms with E-state index in [1.54, 1.807) is 12.1 Å². The summed E-state index contributed by atoms with van der Waals surface area (Å²) in [4.78, 5) is 12.6. The van der Waals surface area contributed by atoms with Gasteiger partial charge in [0, 0.05) is 13.1 Å². The average Bonchev–Trinajstić information content (AvgIpc) is 2.39. The van der Waals surface area contributed by atoms with Crippen LogP contribution in [0.1, 0.15) is 12.0 Å². The molecule has 2 amide bonds. The molecule has 0 fully saturated rings. The Morgan fingerprint density at radius 1 is 1.27 bits per heavy atom. The van der Waals surface area contributed by atoms with Crippen molar-refractivity contribution in [3.05, 3.63) is 35.6 Å². The number of nitrogens with zero attached hydrogens (tertiary/aromatic N) is 1. The van der Waals surface area contributed by atoms with Crippen LogP contribution in [0.15, 0.2) is 24.3 Å². The summed E-state index contributed by atoms with van der Waals surface area (Å²) in [6.45, 7) is -0.308. The molecule has 0 saturated heterocycles. The van der Waals surface area contributed by atoms with Crippen LogP contribution in [0, 0.1) is 5.82 Å². The fraction of sp³-hybridized carbons (Fsp3) is 0.500. The monoisotopic (exact) mass is 321 g/mol. The van der Waals surface area contributed by atoms with E-state index in [4.69, 9.17) is 0 Å². The van der Waals surface area contributed by atoms with Gasteiger partial charge >= 0.3 is 12.2 Å². The first-order valence-electron chi connectivity index (χ1n) is 6.78. The molecule has 1 aromatic rings. The zero-order valence-electron chi connectivity index (χ0n) is 12.2. The van der Waals surface area contributed by atoms with Gasteiger partial charge in [-0.25, -0.2) is 9.18 Å². The number of hydrogen-bond acceptors (Lipinski definition) is 2. The minimum Gasteiger partial charge on any atom is -0.338 e. The molecule has 1 rings (SSSR count). The van der Waals surface area contributed by atoms with Gasteiger partial charge in [0.25, 0.3) is 0 Å². The topological polar surface area (TPSA) is 44.4 Å². The number of hydrogen-bond donors (Lipinski definition) is 2. The SMILES string of the molecule is CN(CCCNC(=O)NCc1cccc(F)c1)CC(F)(F)F. The minimum absolute atomic E-state index is 0.178. The van der Waals surface area contributed by atoms with Gasteiger partial charge in [-0.05, 0) is 37.7 Å². The molecule has 2 N–H and O–H groups in total. The maximum Gasteiger partial charge on any atom is 0.401 e. The average molecular weight is 321 g/mol. The molecule has 4 nitrogen and oxygen atoms in total. The van der Waals surface area contributed by atoms with Crippen LogP contribution in [0.2, 0.25) is 0 Å². The highest BCUT2D eigenvalue weighted by Crippen LogP contribution is 2.15. The van der Waals surface area contributed by atoms with Crippen LogP contribution in [0.25, 0.3) is 0 Å². The Kier molecular flexibility index (Phi) is 7.10. The van der Waals surface area contributed by atoms with E-state index in [0.29, 0.717) is 12.0 Å². The molecule has 0 saturated carbocycles. The molecule has 124 valence electrons. The standard InChI is InChI=1S/C14H19F4N3O/c1-21(10-14(16,17)18)7-3-6-19-13(22)20-9-11-4-2-5-12(15)8-11/h2,4-5,8H,3,6-7,9-10H2,1H3,(H2,19,20,22). The Morgan fingerprint density at radius 2 is 2.00 bits per heavy atom. The molecular formula is C14H19F4N3O. The van der Waals surface area contributed by atoms with Gasteiger partial charge in [-0.15, -0.1) is 0 Å². The summed E-state index contributed by atoms with van der Waals surface area (Å²) >= 11 is 0. The highest BCUT2D eigenvalue weighted by Gasteiger charge is 2.28. The molecule has 0 spiro atoms. The molecule has 8 heteroatoms. The largest absolute Gasteiger partial charge is 0.401 e. The number of rotatable bonds is 7. The van der Waals surface area contributed by atoms with Gasteiger partial charge in [0.15, 0.2) is 0 Å². The van der Waals surface area contributed by atoms with Crippen molar-refractivity contribution < 1.29 is 22.4 Å². The molecule has 0 radical (unpaired) electrons. The summed E-state index contributed by atoms with van der Waals surface area (Å²) in [5.74, 6) is -0.382. The number of carbonyl (C=O) groups excluding carboxylic acids is 1. The minimum atomic E-state index is -4.22. The fourth-order valence-corrected chi connectivity index (χ4v) is 1.83. The Hall–Kier alpha value is -1.83. The van der Waals surface area contributed by atoms with Gasteiger partial charge in [0.2, 0.25) is 0 Å². The molecule has 0 aliphatic rings. The Bertz CT molecular complexity index is 479. The van der Waals surface area contributed by atoms with E-state index in [0.717, 1.165) is 4.90 Å². The van der Waals surface area contributed by atoms with Gasteiger partial charge in [0.1, 0.15) is 5.82 Å². The summed E-state index contributed by atoms with van der Waals surface area (Å²) in [5, 5.41) is 5.08. The lowest BCUT2D eigenvalue weighted by Gasteiger charge is -2.18. The molecule has 1 aromatic carbocycles. The van der Waals surface area contributed by atoms with Crippen LogP contribution >= 0.6 is 0 Å². The highest BCUT2D eigenvalue weighted by molar-refractivity contribution is 5.73. The van der Waals surface area contributed by atoms with Crippen molar-refractivity contribution >= 4 is 6.03 Å². The number of halogens is 4. The summed E-state index contributed by atoms with van der Waals surface area (Å²) < 4.78 is 49.2. The van der Waals surface area contributed by atoms with E-state index in [2.05, 4.69) is 10.6 Å². The van der Waals surface area contributed by atoms with Crippen molar-refractivity contribution in [2.45, 2.75) is 19.1 Å². The second-order valence-corrected chi connectivity index (χ2v) is 4.95. The smallest absolute Gasteiger partial charge is 0.338 e. The lowest BCUT2D eigenvalue weighted by Crippen LogP contribution is -2.37. The van der Waals surface area contributed by atoms with Crippen LogP contribution in [-0.4, -0.2) is 43.8 Å². The predicted octanol–water partition coefficient (Wildman–Crippen LogP) is 2.51. The number of carbonyl (C=O) groups is 1. The van der Waals surface area contributed by atoms with E-state index >= 15 is 0 Å². The van der Waals surface area contributed by atoms with E-state index in [1.807, 2.05) is 0 Å². The first kappa shape index (κ1) is 18.2. The summed E-state index contributed by atoms with van der Waals surface area (Å²) in [5.41, 5.74) is 0.625. The van der Waals surface area contributed by atoms with Gasteiger partial charge < -0.3 is 10.6 Å². The quantitative estimate of drug-likeness (QED) is 0.599. The zero-order valence-corrected chi connectivity index (χ0v) is 12.2. The van der Waals surface area contributed by atoms with Crippen molar-refractivity contribution in [3.63, 3.8) is 0 Å². The number of amides is 2. The van der Waals surface area contributed by atoms with Crippen molar-refractivity contribution in [3.8, 4) is 0 Å². The molecule has 0 bridgehead atoms. The van der Waals surface area contributed by atoms with Gasteiger partial charge in [-0.2, -0.15) is 13.2 Å². The number of benzene rings is 1. The first-order valence-corrected chi connectivity index (χ1v) is 6.78. The molecule has 0 aliphatic carbocycles. The number of nitrogens with one attached hydrogen (secondary N) is 2. The van der Waals surface area contributed by atoms with Crippen LogP contribution in [0.4, 0.5) is 22.4 Å². The van der Waals surface area contributed by atoms with Gasteiger partial charge in [0.05, 0.1) is 6.54 Å². The Balaban J connectivity index is 2.13. The zero-order chi connectivity index (χ0) is 16.6. The summed E-state index contributed by atoms with van der Waals surface area (Å²) in [7, 11) is 1.37. The first-order chi connectivity index (χ1) is 10.3. The summed E-state index contributed by atoms with van der Waals surface area (Å²) in [6.07, 6.45) is -3.82. The van der Waals surface area contributed by atoms with Crippen LogP contribution < -0.4 is 10.6 Å². The van der Waals surface area contributed by atoms with Gasteiger partial charge in [-0.1, -0.05) is 12.1 Å². The third-order valence-electron chi connectivity index (χ3n) is 2.79. The second kappa shape index (κ2) is 8.57. The van der Waals surface area contributed by atoms with Crippen molar-refractivity contribution in [1.82, 2.24) is 15.5 Å². The number of alkyl halides is 3. The van der Waals surface area contributed by atoms with Crippen LogP contribution in [0.5, 0.6) is 0 Å². The van der Waals surface area contributed by atoms with Crippen LogP contribution in [0.3, 0.4) is 0 Å². The third kappa shape index (κ3) is 8.46. The molecule has 0 atom stereocenters. The van der Waals surface area contributed by atoms with E-state index in [9.17, 15) is 22.4 Å². The van der Waals surface area contributed by atoms with Crippen molar-refractivity contribution in [1.29, 1.82) is 0 Å². The van der Waals surface area contributed by atoms with E-state index < -0.39 is 18.8 Å². The number of urea groups is 1. The predicted molar refractivity (Wildman–Crippen MR) is 74.8 cm³/mol. The Morgan fingerprint density at radius 3 is 2.64 bits per heavy atom. The molecular weight excluding hydrogens is 302 g/mol. The molecule has 0 aliphatic heterocycles. The lowest BCUT2D eigenvalue weighted by molar-refractivity contribution is -0.143. The summed E-state index contributed by atoms with van der Waals surface area (Å²) in [6, 6.07) is 5.39. The van der Waals surface area contributed by atoms with E-state index in [1.165, 1.54) is 19.2 Å². The van der Waals surface area contributed by atoms with Crippen LogP contribution in [-0.2, 0) is 6.54 Å². The fourth-order valence-electron chi connectivity index (χ4n) is 1.83. The maximum atomic E-state index is 12.9. The third-order valence-corrected chi connectivity index (χ3v) is 2.79.